The molecule has 1 aromatic heterocycles. The Balaban J connectivity index is 2.46. The molecule has 2 aromatic rings. The van der Waals surface area contributed by atoms with Gasteiger partial charge in [0.15, 0.2) is 0 Å². The van der Waals surface area contributed by atoms with E-state index in [-0.39, 0.29) is 16.9 Å². The van der Waals surface area contributed by atoms with Gasteiger partial charge in [-0.1, -0.05) is 42.8 Å². The van der Waals surface area contributed by atoms with Gasteiger partial charge < -0.3 is 0 Å². The molecule has 0 bridgehead atoms. The molecule has 23 heavy (non-hydrogen) atoms. The predicted molar refractivity (Wildman–Crippen MR) is 94.2 cm³/mol. The van der Waals surface area contributed by atoms with Crippen LogP contribution in [-0.4, -0.2) is 17.4 Å². The number of hydrogen-bond acceptors (Lipinski definition) is 2. The van der Waals surface area contributed by atoms with E-state index < -0.39 is 5.82 Å². The molecule has 0 saturated heterocycles. The maximum Gasteiger partial charge on any atom is 0.262 e. The van der Waals surface area contributed by atoms with Crippen molar-refractivity contribution in [2.75, 3.05) is 11.4 Å². The molecular formula is C18H20BrFN2O. The molecule has 1 aromatic carbocycles. The number of hydrogen-bond donors (Lipinski definition) is 0. The zero-order valence-corrected chi connectivity index (χ0v) is 15.3. The van der Waals surface area contributed by atoms with Crippen molar-refractivity contribution in [3.63, 3.8) is 0 Å². The number of nitrogens with zero attached hydrogens (tertiary/aromatic N) is 2. The quantitative estimate of drug-likeness (QED) is 0.753. The first-order chi connectivity index (χ1) is 10.7. The standard InChI is InChI=1S/C18H20BrFN2O/c1-12-6-5-7-16(21-12)22(11-18(2,3)4)17(23)14-9-8-13(19)10-15(14)20/h5-10H,11H2,1-4H3. The molecule has 0 spiro atoms. The third kappa shape index (κ3) is 4.61. The van der Waals surface area contributed by atoms with Gasteiger partial charge in [-0.15, -0.1) is 0 Å². The van der Waals surface area contributed by atoms with Crippen molar-refractivity contribution in [2.45, 2.75) is 27.7 Å². The number of anilines is 1. The molecule has 0 atom stereocenters. The lowest BCUT2D eigenvalue weighted by Gasteiger charge is -2.29. The Morgan fingerprint density at radius 1 is 1.26 bits per heavy atom. The van der Waals surface area contributed by atoms with Gasteiger partial charge in [-0.25, -0.2) is 9.37 Å². The summed E-state index contributed by atoms with van der Waals surface area (Å²) >= 11 is 3.21. The van der Waals surface area contributed by atoms with Crippen LogP contribution in [0.5, 0.6) is 0 Å². The summed E-state index contributed by atoms with van der Waals surface area (Å²) in [7, 11) is 0. The van der Waals surface area contributed by atoms with Crippen LogP contribution in [0, 0.1) is 18.2 Å². The van der Waals surface area contributed by atoms with Gasteiger partial charge >= 0.3 is 0 Å². The molecule has 0 aliphatic heterocycles. The third-order valence-corrected chi connectivity index (χ3v) is 3.68. The van der Waals surface area contributed by atoms with Crippen LogP contribution >= 0.6 is 15.9 Å². The van der Waals surface area contributed by atoms with E-state index in [1.807, 2.05) is 39.8 Å². The van der Waals surface area contributed by atoms with E-state index in [4.69, 9.17) is 0 Å². The lowest BCUT2D eigenvalue weighted by Crippen LogP contribution is -2.39. The van der Waals surface area contributed by atoms with Crippen molar-refractivity contribution in [1.29, 1.82) is 0 Å². The number of aromatic nitrogens is 1. The highest BCUT2D eigenvalue weighted by Crippen LogP contribution is 2.24. The van der Waals surface area contributed by atoms with Crippen LogP contribution in [0.15, 0.2) is 40.9 Å². The molecule has 2 rings (SSSR count). The van der Waals surface area contributed by atoms with E-state index in [0.29, 0.717) is 16.8 Å². The van der Waals surface area contributed by atoms with Crippen LogP contribution in [0.2, 0.25) is 0 Å². The molecule has 0 fully saturated rings. The van der Waals surface area contributed by atoms with Gasteiger partial charge in [0.1, 0.15) is 11.6 Å². The monoisotopic (exact) mass is 378 g/mol. The van der Waals surface area contributed by atoms with Crippen molar-refractivity contribution in [1.82, 2.24) is 4.98 Å². The lowest BCUT2D eigenvalue weighted by molar-refractivity contribution is 0.0973. The number of amides is 1. The summed E-state index contributed by atoms with van der Waals surface area (Å²) in [6, 6.07) is 9.93. The second-order valence-corrected chi connectivity index (χ2v) is 7.63. The van der Waals surface area contributed by atoms with E-state index in [1.54, 1.807) is 17.0 Å². The third-order valence-electron chi connectivity index (χ3n) is 3.19. The molecule has 0 radical (unpaired) electrons. The first-order valence-corrected chi connectivity index (χ1v) is 8.17. The molecule has 0 aliphatic rings. The van der Waals surface area contributed by atoms with Gasteiger partial charge in [0.2, 0.25) is 0 Å². The van der Waals surface area contributed by atoms with Crippen LogP contribution in [0.1, 0.15) is 36.8 Å². The lowest BCUT2D eigenvalue weighted by atomic mass is 9.95. The Morgan fingerprint density at radius 2 is 1.96 bits per heavy atom. The second-order valence-electron chi connectivity index (χ2n) is 6.71. The highest BCUT2D eigenvalue weighted by atomic mass is 79.9. The number of halogens is 2. The number of benzene rings is 1. The van der Waals surface area contributed by atoms with Gasteiger partial charge in [-0.3, -0.25) is 9.69 Å². The minimum atomic E-state index is -0.545. The fourth-order valence-electron chi connectivity index (χ4n) is 2.22. The predicted octanol–water partition coefficient (Wildman–Crippen LogP) is 4.98. The summed E-state index contributed by atoms with van der Waals surface area (Å²) in [4.78, 5) is 18.9. The fourth-order valence-corrected chi connectivity index (χ4v) is 2.55. The van der Waals surface area contributed by atoms with E-state index in [1.165, 1.54) is 12.1 Å². The van der Waals surface area contributed by atoms with Crippen LogP contribution in [0.25, 0.3) is 0 Å². The molecule has 122 valence electrons. The molecule has 0 unspecified atom stereocenters. The Bertz CT molecular complexity index is 725. The van der Waals surface area contributed by atoms with Crippen LogP contribution in [-0.2, 0) is 0 Å². The molecule has 0 N–H and O–H groups in total. The van der Waals surface area contributed by atoms with Crippen molar-refractivity contribution < 1.29 is 9.18 Å². The smallest absolute Gasteiger partial charge is 0.262 e. The average molecular weight is 379 g/mol. The number of carbonyl (C=O) groups excluding carboxylic acids is 1. The van der Waals surface area contributed by atoms with Crippen LogP contribution in [0.4, 0.5) is 10.2 Å². The molecule has 3 nitrogen and oxygen atoms in total. The Hall–Kier alpha value is -1.75. The number of rotatable bonds is 3. The molecule has 5 heteroatoms. The van der Waals surface area contributed by atoms with Gasteiger partial charge in [-0.2, -0.15) is 0 Å². The second kappa shape index (κ2) is 6.79. The van der Waals surface area contributed by atoms with Crippen LogP contribution < -0.4 is 4.90 Å². The topological polar surface area (TPSA) is 33.2 Å². The Labute approximate surface area is 144 Å². The first kappa shape index (κ1) is 17.6. The SMILES string of the molecule is Cc1cccc(N(CC(C)(C)C)C(=O)c2ccc(Br)cc2F)n1. The van der Waals surface area contributed by atoms with Gasteiger partial charge in [0.05, 0.1) is 5.56 Å². The van der Waals surface area contributed by atoms with Gasteiger partial charge in [0.25, 0.3) is 5.91 Å². The summed E-state index contributed by atoms with van der Waals surface area (Å²) < 4.78 is 14.8. The van der Waals surface area contributed by atoms with Crippen molar-refractivity contribution in [3.8, 4) is 0 Å². The zero-order valence-electron chi connectivity index (χ0n) is 13.7. The molecular weight excluding hydrogens is 359 g/mol. The molecule has 0 aliphatic carbocycles. The summed E-state index contributed by atoms with van der Waals surface area (Å²) in [5.41, 5.74) is 0.707. The number of pyridine rings is 1. The first-order valence-electron chi connectivity index (χ1n) is 7.38. The van der Waals surface area contributed by atoms with Crippen molar-refractivity contribution in [2.24, 2.45) is 5.41 Å². The summed E-state index contributed by atoms with van der Waals surface area (Å²) in [6.07, 6.45) is 0. The summed E-state index contributed by atoms with van der Waals surface area (Å²) in [5, 5.41) is 0. The summed E-state index contributed by atoms with van der Waals surface area (Å²) in [5.74, 6) is -0.397. The van der Waals surface area contributed by atoms with E-state index in [9.17, 15) is 9.18 Å². The molecule has 0 saturated carbocycles. The fraction of sp³-hybridized carbons (Fsp3) is 0.333. The largest absolute Gasteiger partial charge is 0.292 e. The highest BCUT2D eigenvalue weighted by Gasteiger charge is 2.26. The normalized spacial score (nSPS) is 11.4. The van der Waals surface area contributed by atoms with Gasteiger partial charge in [0, 0.05) is 16.7 Å². The summed E-state index contributed by atoms with van der Waals surface area (Å²) in [6.45, 7) is 8.39. The average Bonchev–Trinajstić information content (AvgIpc) is 2.43. The Morgan fingerprint density at radius 3 is 2.52 bits per heavy atom. The van der Waals surface area contributed by atoms with Crippen molar-refractivity contribution in [3.05, 3.63) is 57.9 Å². The molecule has 1 heterocycles. The van der Waals surface area contributed by atoms with E-state index in [2.05, 4.69) is 20.9 Å². The number of aryl methyl sites for hydroxylation is 1. The van der Waals surface area contributed by atoms with Crippen LogP contribution in [0.3, 0.4) is 0 Å². The zero-order chi connectivity index (χ0) is 17.2. The highest BCUT2D eigenvalue weighted by molar-refractivity contribution is 9.10. The van der Waals surface area contributed by atoms with Crippen molar-refractivity contribution >= 4 is 27.7 Å². The maximum atomic E-state index is 14.2. The maximum absolute atomic E-state index is 14.2. The Kier molecular flexibility index (Phi) is 5.19. The van der Waals surface area contributed by atoms with E-state index in [0.717, 1.165) is 5.69 Å². The molecule has 1 amide bonds. The van der Waals surface area contributed by atoms with E-state index >= 15 is 0 Å². The van der Waals surface area contributed by atoms with Gasteiger partial charge in [-0.05, 0) is 42.7 Å². The minimum Gasteiger partial charge on any atom is -0.292 e. The minimum absolute atomic E-state index is 0.0424. The number of carbonyl (C=O) groups is 1.